The predicted octanol–water partition coefficient (Wildman–Crippen LogP) is 1.67. The van der Waals surface area contributed by atoms with Crippen molar-refractivity contribution in [3.8, 4) is 0 Å². The van der Waals surface area contributed by atoms with Crippen molar-refractivity contribution in [2.24, 2.45) is 0 Å². The van der Waals surface area contributed by atoms with E-state index >= 15 is 0 Å². The Bertz CT molecular complexity index is 346. The fraction of sp³-hybridized carbons (Fsp3) is 0.364. The van der Waals surface area contributed by atoms with Crippen LogP contribution in [-0.2, 0) is 9.63 Å². The van der Waals surface area contributed by atoms with Gasteiger partial charge in [-0.3, -0.25) is 4.84 Å². The van der Waals surface area contributed by atoms with Crippen LogP contribution < -0.4 is 0 Å². The minimum atomic E-state index is -0.121. The molecule has 0 radical (unpaired) electrons. The summed E-state index contributed by atoms with van der Waals surface area (Å²) in [5.41, 5.74) is 1.16. The molecule has 3 heteroatoms. The van der Waals surface area contributed by atoms with E-state index in [2.05, 4.69) is 0 Å². The van der Waals surface area contributed by atoms with E-state index in [-0.39, 0.29) is 12.0 Å². The third-order valence-electron chi connectivity index (χ3n) is 2.63. The zero-order valence-corrected chi connectivity index (χ0v) is 8.43. The average Bonchev–Trinajstić information content (AvgIpc) is 2.41. The maximum Gasteiger partial charge on any atom is 0.373 e. The SMILES string of the molecule is C[N+]1(C)OC(=O)CC1c1ccccc1. The van der Waals surface area contributed by atoms with Crippen LogP contribution in [0.3, 0.4) is 0 Å². The van der Waals surface area contributed by atoms with Gasteiger partial charge in [-0.2, -0.15) is 0 Å². The number of carbonyl (C=O) groups excluding carboxylic acids is 1. The van der Waals surface area contributed by atoms with Gasteiger partial charge in [0.15, 0.2) is 6.04 Å². The summed E-state index contributed by atoms with van der Waals surface area (Å²) in [7, 11) is 3.81. The molecule has 1 fully saturated rings. The lowest BCUT2D eigenvalue weighted by molar-refractivity contribution is -1.07. The van der Waals surface area contributed by atoms with Gasteiger partial charge in [0, 0.05) is 5.56 Å². The summed E-state index contributed by atoms with van der Waals surface area (Å²) in [6.45, 7) is 0. The van der Waals surface area contributed by atoms with E-state index in [1.807, 2.05) is 44.4 Å². The lowest BCUT2D eigenvalue weighted by Crippen LogP contribution is -2.37. The van der Waals surface area contributed by atoms with E-state index in [0.717, 1.165) is 5.56 Å². The second kappa shape index (κ2) is 3.10. The molecule has 1 aromatic rings. The lowest BCUT2D eigenvalue weighted by Gasteiger charge is -2.25. The van der Waals surface area contributed by atoms with Gasteiger partial charge in [-0.25, -0.2) is 4.79 Å². The summed E-state index contributed by atoms with van der Waals surface area (Å²) < 4.78 is 0.294. The van der Waals surface area contributed by atoms with Gasteiger partial charge >= 0.3 is 5.97 Å². The van der Waals surface area contributed by atoms with Crippen molar-refractivity contribution in [1.82, 2.24) is 0 Å². The van der Waals surface area contributed by atoms with Crippen LogP contribution in [0.15, 0.2) is 30.3 Å². The number of benzene rings is 1. The molecule has 0 amide bonds. The van der Waals surface area contributed by atoms with Crippen LogP contribution >= 0.6 is 0 Å². The van der Waals surface area contributed by atoms with Crippen molar-refractivity contribution >= 4 is 5.97 Å². The Morgan fingerprint density at radius 2 is 1.93 bits per heavy atom. The van der Waals surface area contributed by atoms with Crippen molar-refractivity contribution in [3.05, 3.63) is 35.9 Å². The summed E-state index contributed by atoms with van der Waals surface area (Å²) in [6, 6.07) is 10.1. The number of rotatable bonds is 1. The normalized spacial score (nSPS) is 24.7. The molecule has 0 aromatic heterocycles. The quantitative estimate of drug-likeness (QED) is 0.633. The molecule has 0 N–H and O–H groups in total. The van der Waals surface area contributed by atoms with Crippen LogP contribution in [0.1, 0.15) is 18.0 Å². The molecular weight excluding hydrogens is 178 g/mol. The molecule has 0 bridgehead atoms. The Labute approximate surface area is 83.4 Å². The van der Waals surface area contributed by atoms with Crippen LogP contribution in [0.4, 0.5) is 0 Å². The Balaban J connectivity index is 2.32. The van der Waals surface area contributed by atoms with E-state index < -0.39 is 0 Å². The van der Waals surface area contributed by atoms with Crippen LogP contribution in [0, 0.1) is 0 Å². The number of hydrogen-bond donors (Lipinski definition) is 0. The third kappa shape index (κ3) is 1.51. The van der Waals surface area contributed by atoms with E-state index in [1.165, 1.54) is 0 Å². The monoisotopic (exact) mass is 192 g/mol. The average molecular weight is 192 g/mol. The summed E-state index contributed by atoms with van der Waals surface area (Å²) in [6.07, 6.45) is 0.469. The molecule has 3 nitrogen and oxygen atoms in total. The van der Waals surface area contributed by atoms with Gasteiger partial charge < -0.3 is 0 Å². The van der Waals surface area contributed by atoms with Crippen LogP contribution in [0.5, 0.6) is 0 Å². The minimum Gasteiger partial charge on any atom is -0.276 e. The molecule has 0 spiro atoms. The number of quaternary nitrogens is 1. The second-order valence-corrected chi connectivity index (χ2v) is 4.03. The molecular formula is C11H14NO2+. The fourth-order valence-corrected chi connectivity index (χ4v) is 1.89. The minimum absolute atomic E-state index is 0.121. The maximum absolute atomic E-state index is 11.2. The highest BCUT2D eigenvalue weighted by molar-refractivity contribution is 5.70. The summed E-state index contributed by atoms with van der Waals surface area (Å²) in [5.74, 6) is -0.121. The van der Waals surface area contributed by atoms with Crippen LogP contribution in [0.25, 0.3) is 0 Å². The Hall–Kier alpha value is -1.35. The first-order chi connectivity index (χ1) is 6.59. The lowest BCUT2D eigenvalue weighted by atomic mass is 10.0. The van der Waals surface area contributed by atoms with Gasteiger partial charge in [0.2, 0.25) is 0 Å². The van der Waals surface area contributed by atoms with Gasteiger partial charge in [0.1, 0.15) is 20.5 Å². The zero-order valence-electron chi connectivity index (χ0n) is 8.43. The topological polar surface area (TPSA) is 26.3 Å². The summed E-state index contributed by atoms with van der Waals surface area (Å²) in [4.78, 5) is 16.4. The largest absolute Gasteiger partial charge is 0.373 e. The second-order valence-electron chi connectivity index (χ2n) is 4.03. The number of hydroxylamine groups is 3. The van der Waals surface area contributed by atoms with E-state index in [9.17, 15) is 4.79 Å². The number of carbonyl (C=O) groups is 1. The molecule has 2 rings (SSSR count). The Morgan fingerprint density at radius 3 is 2.43 bits per heavy atom. The van der Waals surface area contributed by atoms with Crippen LogP contribution in [-0.4, -0.2) is 24.7 Å². The number of nitrogens with zero attached hydrogens (tertiary/aromatic N) is 1. The van der Waals surface area contributed by atoms with E-state index in [0.29, 0.717) is 11.1 Å². The highest BCUT2D eigenvalue weighted by atomic mass is 16.8. The molecule has 74 valence electrons. The van der Waals surface area contributed by atoms with E-state index in [4.69, 9.17) is 4.84 Å². The Kier molecular flexibility index (Phi) is 2.04. The molecule has 1 aliphatic rings. The molecule has 1 aromatic carbocycles. The molecule has 14 heavy (non-hydrogen) atoms. The van der Waals surface area contributed by atoms with Crippen molar-refractivity contribution < 1.29 is 14.3 Å². The van der Waals surface area contributed by atoms with E-state index in [1.54, 1.807) is 0 Å². The van der Waals surface area contributed by atoms with Crippen LogP contribution in [0.2, 0.25) is 0 Å². The third-order valence-corrected chi connectivity index (χ3v) is 2.63. The molecule has 1 aliphatic heterocycles. The van der Waals surface area contributed by atoms with Gasteiger partial charge in [-0.1, -0.05) is 30.3 Å². The maximum atomic E-state index is 11.2. The molecule has 1 unspecified atom stereocenters. The first kappa shape index (κ1) is 9.21. The van der Waals surface area contributed by atoms with Crippen molar-refractivity contribution in [3.63, 3.8) is 0 Å². The van der Waals surface area contributed by atoms with Gasteiger partial charge in [0.25, 0.3) is 0 Å². The number of hydrogen-bond acceptors (Lipinski definition) is 2. The zero-order chi connectivity index (χ0) is 10.2. The van der Waals surface area contributed by atoms with Gasteiger partial charge in [0.05, 0.1) is 0 Å². The highest BCUT2D eigenvalue weighted by Gasteiger charge is 2.43. The summed E-state index contributed by atoms with van der Waals surface area (Å²) >= 11 is 0. The molecule has 0 saturated carbocycles. The standard InChI is InChI=1S/C11H14NO2/c1-12(2)10(8-11(13)14-12)9-6-4-3-5-7-9/h3-7,10H,8H2,1-2H3/q+1. The predicted molar refractivity (Wildman–Crippen MR) is 52.0 cm³/mol. The first-order valence-electron chi connectivity index (χ1n) is 4.70. The van der Waals surface area contributed by atoms with Gasteiger partial charge in [-0.15, -0.1) is 4.65 Å². The van der Waals surface area contributed by atoms with Crippen molar-refractivity contribution in [2.75, 3.05) is 14.1 Å². The van der Waals surface area contributed by atoms with Crippen molar-refractivity contribution in [2.45, 2.75) is 12.5 Å². The molecule has 1 atom stereocenters. The smallest absolute Gasteiger partial charge is 0.276 e. The molecule has 1 heterocycles. The summed E-state index contributed by atoms with van der Waals surface area (Å²) in [5, 5.41) is 0. The molecule has 1 saturated heterocycles. The first-order valence-corrected chi connectivity index (χ1v) is 4.70. The van der Waals surface area contributed by atoms with Gasteiger partial charge in [-0.05, 0) is 0 Å². The highest BCUT2D eigenvalue weighted by Crippen LogP contribution is 2.34. The fourth-order valence-electron chi connectivity index (χ4n) is 1.89. The molecule has 0 aliphatic carbocycles. The Morgan fingerprint density at radius 1 is 1.29 bits per heavy atom. The van der Waals surface area contributed by atoms with Crippen molar-refractivity contribution in [1.29, 1.82) is 0 Å².